The number of rotatable bonds is 8. The zero-order valence-corrected chi connectivity index (χ0v) is 15.9. The lowest BCUT2D eigenvalue weighted by molar-refractivity contribution is -0.142. The van der Waals surface area contributed by atoms with E-state index in [0.717, 1.165) is 17.1 Å². The number of hydrogen-bond donors (Lipinski definition) is 1. The number of ether oxygens (including phenoxy) is 1. The third-order valence-corrected chi connectivity index (χ3v) is 4.29. The van der Waals surface area contributed by atoms with Gasteiger partial charge in [-0.15, -0.1) is 0 Å². The fourth-order valence-electron chi connectivity index (χ4n) is 2.98. The van der Waals surface area contributed by atoms with Crippen molar-refractivity contribution in [1.29, 1.82) is 0 Å². The lowest BCUT2D eigenvalue weighted by Gasteiger charge is -2.09. The van der Waals surface area contributed by atoms with Gasteiger partial charge >= 0.3 is 5.97 Å². The Kier molecular flexibility index (Phi) is 6.16. The molecule has 3 rings (SSSR count). The molecule has 0 saturated carbocycles. The van der Waals surface area contributed by atoms with Gasteiger partial charge in [0.1, 0.15) is 0 Å². The van der Waals surface area contributed by atoms with E-state index in [9.17, 15) is 9.59 Å². The summed E-state index contributed by atoms with van der Waals surface area (Å²) in [6, 6.07) is 13.3. The first-order valence-electron chi connectivity index (χ1n) is 9.00. The molecule has 0 bridgehead atoms. The van der Waals surface area contributed by atoms with Crippen LogP contribution in [0.1, 0.15) is 28.2 Å². The molecule has 0 fully saturated rings. The number of para-hydroxylation sites is 1. The minimum Gasteiger partial charge on any atom is -0.457 e. The molecule has 0 aliphatic heterocycles. The van der Waals surface area contributed by atoms with Crippen LogP contribution in [-0.2, 0) is 9.53 Å². The second kappa shape index (κ2) is 8.94. The molecule has 0 amide bonds. The summed E-state index contributed by atoms with van der Waals surface area (Å²) in [7, 11) is 0. The fraction of sp³-hybridized carbons (Fsp3) is 0.238. The molecule has 1 N–H and O–H groups in total. The number of aryl methyl sites for hydroxylation is 1. The summed E-state index contributed by atoms with van der Waals surface area (Å²) in [5, 5.41) is 2.92. The van der Waals surface area contributed by atoms with Gasteiger partial charge in [0, 0.05) is 41.6 Å². The van der Waals surface area contributed by atoms with Crippen LogP contribution in [0.15, 0.2) is 54.9 Å². The van der Waals surface area contributed by atoms with Gasteiger partial charge in [-0.2, -0.15) is 0 Å². The van der Waals surface area contributed by atoms with Crippen molar-refractivity contribution in [2.45, 2.75) is 20.3 Å². The molecule has 0 unspecified atom stereocenters. The molecule has 1 aromatic carbocycles. The highest BCUT2D eigenvalue weighted by Gasteiger charge is 2.18. The predicted molar refractivity (Wildman–Crippen MR) is 106 cm³/mol. The van der Waals surface area contributed by atoms with E-state index in [1.54, 1.807) is 18.5 Å². The van der Waals surface area contributed by atoms with Crippen LogP contribution in [0.5, 0.6) is 0 Å². The van der Waals surface area contributed by atoms with E-state index < -0.39 is 5.97 Å². The third kappa shape index (κ3) is 4.62. The summed E-state index contributed by atoms with van der Waals surface area (Å²) in [5.74, 6) is -0.226. The Hall–Kier alpha value is -3.48. The zero-order chi connectivity index (χ0) is 19.9. The molecule has 2 aromatic heterocycles. The first kappa shape index (κ1) is 19.3. The van der Waals surface area contributed by atoms with Gasteiger partial charge in [-0.25, -0.2) is 9.97 Å². The molecule has 2 heterocycles. The van der Waals surface area contributed by atoms with Gasteiger partial charge in [-0.3, -0.25) is 9.59 Å². The molecule has 144 valence electrons. The van der Waals surface area contributed by atoms with Crippen molar-refractivity contribution in [3.05, 3.63) is 71.8 Å². The lowest BCUT2D eigenvalue weighted by Crippen LogP contribution is -2.17. The molecule has 0 saturated heterocycles. The van der Waals surface area contributed by atoms with Gasteiger partial charge in [0.2, 0.25) is 11.7 Å². The van der Waals surface area contributed by atoms with Crippen LogP contribution < -0.4 is 5.32 Å². The molecular formula is C21H22N4O3. The number of nitrogens with one attached hydrogen (secondary N) is 1. The first-order chi connectivity index (χ1) is 13.6. The van der Waals surface area contributed by atoms with Crippen molar-refractivity contribution in [2.75, 3.05) is 18.5 Å². The summed E-state index contributed by atoms with van der Waals surface area (Å²) in [6.45, 7) is 3.89. The minimum absolute atomic E-state index is 0.120. The van der Waals surface area contributed by atoms with Crippen LogP contribution in [0.25, 0.3) is 5.69 Å². The van der Waals surface area contributed by atoms with Crippen molar-refractivity contribution >= 4 is 17.7 Å². The zero-order valence-electron chi connectivity index (χ0n) is 15.9. The Morgan fingerprint density at radius 1 is 1.07 bits per heavy atom. The number of Topliss-reactive ketones (excluding diaryl/α,β-unsaturated/α-hetero) is 1. The first-order valence-corrected chi connectivity index (χ1v) is 9.00. The maximum atomic E-state index is 12.5. The second-order valence-electron chi connectivity index (χ2n) is 6.29. The van der Waals surface area contributed by atoms with E-state index in [4.69, 9.17) is 4.74 Å². The number of anilines is 1. The quantitative estimate of drug-likeness (QED) is 0.479. The molecule has 0 aliphatic rings. The molecule has 0 radical (unpaired) electrons. The molecule has 0 atom stereocenters. The van der Waals surface area contributed by atoms with E-state index in [1.165, 1.54) is 0 Å². The van der Waals surface area contributed by atoms with Gasteiger partial charge in [0.05, 0.1) is 6.42 Å². The smallest absolute Gasteiger partial charge is 0.308 e. The van der Waals surface area contributed by atoms with Crippen LogP contribution in [0.2, 0.25) is 0 Å². The monoisotopic (exact) mass is 378 g/mol. The van der Waals surface area contributed by atoms with Crippen molar-refractivity contribution in [2.24, 2.45) is 0 Å². The SMILES string of the molecule is Cc1cc(C(=O)COC(=O)CCNc2ncccn2)c(C)n1-c1ccccc1. The van der Waals surface area contributed by atoms with Crippen LogP contribution >= 0.6 is 0 Å². The number of carbonyl (C=O) groups is 2. The molecular weight excluding hydrogens is 356 g/mol. The van der Waals surface area contributed by atoms with Crippen molar-refractivity contribution in [1.82, 2.24) is 14.5 Å². The van der Waals surface area contributed by atoms with Crippen LogP contribution in [0.4, 0.5) is 5.95 Å². The number of benzene rings is 1. The normalized spacial score (nSPS) is 10.5. The van der Waals surface area contributed by atoms with Gasteiger partial charge in [0.15, 0.2) is 6.61 Å². The summed E-state index contributed by atoms with van der Waals surface area (Å²) >= 11 is 0. The second-order valence-corrected chi connectivity index (χ2v) is 6.29. The molecule has 3 aromatic rings. The van der Waals surface area contributed by atoms with E-state index in [1.807, 2.05) is 54.8 Å². The molecule has 7 heteroatoms. The molecule has 7 nitrogen and oxygen atoms in total. The Bertz CT molecular complexity index is 953. The highest BCUT2D eigenvalue weighted by molar-refractivity contribution is 5.99. The number of aromatic nitrogens is 3. The van der Waals surface area contributed by atoms with Gasteiger partial charge in [0.25, 0.3) is 0 Å². The largest absolute Gasteiger partial charge is 0.457 e. The number of esters is 1. The topological polar surface area (TPSA) is 86.1 Å². The third-order valence-electron chi connectivity index (χ3n) is 4.29. The van der Waals surface area contributed by atoms with Gasteiger partial charge in [-0.05, 0) is 38.1 Å². The average Bonchev–Trinajstić information content (AvgIpc) is 3.02. The highest BCUT2D eigenvalue weighted by Crippen LogP contribution is 2.21. The number of nitrogens with zero attached hydrogens (tertiary/aromatic N) is 3. The Morgan fingerprint density at radius 3 is 2.50 bits per heavy atom. The molecule has 0 aliphatic carbocycles. The Labute approximate surface area is 163 Å². The summed E-state index contributed by atoms with van der Waals surface area (Å²) in [6.07, 6.45) is 3.34. The molecule has 28 heavy (non-hydrogen) atoms. The van der Waals surface area contributed by atoms with Crippen molar-refractivity contribution in [3.8, 4) is 5.69 Å². The van der Waals surface area contributed by atoms with Gasteiger partial charge < -0.3 is 14.6 Å². The summed E-state index contributed by atoms with van der Waals surface area (Å²) in [4.78, 5) is 32.4. The van der Waals surface area contributed by atoms with E-state index in [0.29, 0.717) is 18.1 Å². The fourth-order valence-corrected chi connectivity index (χ4v) is 2.98. The lowest BCUT2D eigenvalue weighted by atomic mass is 10.1. The Morgan fingerprint density at radius 2 is 1.79 bits per heavy atom. The van der Waals surface area contributed by atoms with E-state index in [2.05, 4.69) is 15.3 Å². The maximum absolute atomic E-state index is 12.5. The summed E-state index contributed by atoms with van der Waals surface area (Å²) in [5.41, 5.74) is 3.32. The number of carbonyl (C=O) groups excluding carboxylic acids is 2. The van der Waals surface area contributed by atoms with Crippen LogP contribution in [0, 0.1) is 13.8 Å². The van der Waals surface area contributed by atoms with E-state index >= 15 is 0 Å². The van der Waals surface area contributed by atoms with E-state index in [-0.39, 0.29) is 18.8 Å². The summed E-state index contributed by atoms with van der Waals surface area (Å²) < 4.78 is 7.14. The number of ketones is 1. The van der Waals surface area contributed by atoms with Gasteiger partial charge in [-0.1, -0.05) is 18.2 Å². The minimum atomic E-state index is -0.450. The highest BCUT2D eigenvalue weighted by atomic mass is 16.5. The van der Waals surface area contributed by atoms with Crippen molar-refractivity contribution in [3.63, 3.8) is 0 Å². The standard InChI is InChI=1S/C21H22N4O3/c1-15-13-18(16(2)25(15)17-7-4-3-5-8-17)19(26)14-28-20(27)9-12-24-21-22-10-6-11-23-21/h3-8,10-11,13H,9,12,14H2,1-2H3,(H,22,23,24). The van der Waals surface area contributed by atoms with Crippen molar-refractivity contribution < 1.29 is 14.3 Å². The molecule has 0 spiro atoms. The van der Waals surface area contributed by atoms with Crippen LogP contribution in [0.3, 0.4) is 0 Å². The Balaban J connectivity index is 1.54. The predicted octanol–water partition coefficient (Wildman–Crippen LogP) is 3.11. The maximum Gasteiger partial charge on any atom is 0.308 e. The average molecular weight is 378 g/mol. The van der Waals surface area contributed by atoms with Crippen LogP contribution in [-0.4, -0.2) is 39.4 Å². The number of hydrogen-bond acceptors (Lipinski definition) is 6.